The molecule has 31 heavy (non-hydrogen) atoms. The van der Waals surface area contributed by atoms with Crippen molar-refractivity contribution in [2.24, 2.45) is 5.92 Å². The van der Waals surface area contributed by atoms with Gasteiger partial charge in [-0.05, 0) is 56.2 Å². The molecule has 1 unspecified atom stereocenters. The van der Waals surface area contributed by atoms with Crippen LogP contribution in [0.5, 0.6) is 5.75 Å². The van der Waals surface area contributed by atoms with Crippen LogP contribution < -0.4 is 10.1 Å². The van der Waals surface area contributed by atoms with Gasteiger partial charge in [0, 0.05) is 24.8 Å². The van der Waals surface area contributed by atoms with Gasteiger partial charge in [0.1, 0.15) is 12.4 Å². The molecule has 2 fully saturated rings. The minimum Gasteiger partial charge on any atom is -0.491 e. The highest BCUT2D eigenvalue weighted by molar-refractivity contribution is 5.98. The van der Waals surface area contributed by atoms with Gasteiger partial charge in [0.2, 0.25) is 5.91 Å². The minimum atomic E-state index is -0.726. The summed E-state index contributed by atoms with van der Waals surface area (Å²) < 4.78 is 5.55. The van der Waals surface area contributed by atoms with Crippen LogP contribution in [0.15, 0.2) is 54.1 Å². The molecule has 0 spiro atoms. The molecule has 1 aromatic carbocycles. The number of allylic oxidation sites excluding steroid dienone is 2. The predicted molar refractivity (Wildman–Crippen MR) is 119 cm³/mol. The number of carbonyl (C=O) groups excluding carboxylic acids is 2. The first-order chi connectivity index (χ1) is 15.0. The van der Waals surface area contributed by atoms with Gasteiger partial charge >= 0.3 is 0 Å². The van der Waals surface area contributed by atoms with E-state index in [9.17, 15) is 19.8 Å². The third-order valence-electron chi connectivity index (χ3n) is 5.65. The largest absolute Gasteiger partial charge is 0.491 e. The summed E-state index contributed by atoms with van der Waals surface area (Å²) in [7, 11) is 0. The van der Waals surface area contributed by atoms with Crippen molar-refractivity contribution in [3.05, 3.63) is 54.1 Å². The zero-order valence-electron chi connectivity index (χ0n) is 17.9. The van der Waals surface area contributed by atoms with E-state index in [1.54, 1.807) is 6.08 Å². The van der Waals surface area contributed by atoms with Crippen molar-refractivity contribution >= 4 is 11.7 Å². The van der Waals surface area contributed by atoms with Crippen molar-refractivity contribution in [2.75, 3.05) is 6.61 Å². The van der Waals surface area contributed by atoms with Crippen molar-refractivity contribution < 1.29 is 24.5 Å². The zero-order valence-corrected chi connectivity index (χ0v) is 17.9. The number of nitrogens with one attached hydrogen (secondary N) is 1. The molecule has 168 valence electrons. The first-order valence-electron chi connectivity index (χ1n) is 11.2. The Morgan fingerprint density at radius 2 is 2.00 bits per heavy atom. The van der Waals surface area contributed by atoms with E-state index in [-0.39, 0.29) is 30.6 Å². The molecule has 0 saturated heterocycles. The maximum Gasteiger partial charge on any atom is 0.220 e. The van der Waals surface area contributed by atoms with Crippen LogP contribution >= 0.6 is 0 Å². The number of Topliss-reactive ketones (excluding diaryl/α,β-unsaturated/α-hetero) is 1. The van der Waals surface area contributed by atoms with Crippen molar-refractivity contribution in [1.29, 1.82) is 0 Å². The lowest BCUT2D eigenvalue weighted by Gasteiger charge is -2.14. The molecule has 1 aromatic rings. The minimum absolute atomic E-state index is 0.0566. The number of ketones is 1. The van der Waals surface area contributed by atoms with Crippen LogP contribution in [-0.2, 0) is 9.59 Å². The molecule has 6 nitrogen and oxygen atoms in total. The lowest BCUT2D eigenvalue weighted by atomic mass is 9.95. The molecule has 1 amide bonds. The second-order valence-corrected chi connectivity index (χ2v) is 8.42. The number of para-hydroxylation sites is 1. The standard InChI is InChI=1S/C25H33NO5/c27-19(17-31-20-8-4-3-5-9-20)14-15-22-21(23(28)16-24(22)29)10-6-1-2-7-11-25(30)26-18-12-13-18/h1,3-6,8-9,15,18-19,21,23,27-28H,2,7,10-14,16-17H2,(H,26,30)/b6-1-,22-15?/t19-,21?,23+/m1/s1. The van der Waals surface area contributed by atoms with Gasteiger partial charge in [0.25, 0.3) is 0 Å². The van der Waals surface area contributed by atoms with E-state index in [2.05, 4.69) is 5.32 Å². The molecule has 0 aromatic heterocycles. The van der Waals surface area contributed by atoms with Crippen molar-refractivity contribution in [3.8, 4) is 5.75 Å². The van der Waals surface area contributed by atoms with Gasteiger partial charge in [0.05, 0.1) is 12.2 Å². The number of aliphatic hydroxyl groups excluding tert-OH is 2. The summed E-state index contributed by atoms with van der Waals surface area (Å²) in [5.41, 5.74) is 0.597. The number of carbonyl (C=O) groups is 2. The monoisotopic (exact) mass is 427 g/mol. The first kappa shape index (κ1) is 23.2. The SMILES string of the molecule is O=C(CCC/C=C\CC1C(=CC[C@@H](O)COc2ccccc2)C(=O)C[C@@H]1O)NC1CC1. The molecule has 2 aliphatic rings. The molecule has 0 bridgehead atoms. The average molecular weight is 428 g/mol. The number of rotatable bonds is 12. The third-order valence-corrected chi connectivity index (χ3v) is 5.65. The summed E-state index contributed by atoms with van der Waals surface area (Å²) in [5.74, 6) is 0.505. The summed E-state index contributed by atoms with van der Waals surface area (Å²) in [6, 6.07) is 9.67. The Balaban J connectivity index is 1.40. The summed E-state index contributed by atoms with van der Waals surface area (Å²) in [6.07, 6.45) is 9.64. The predicted octanol–water partition coefficient (Wildman–Crippen LogP) is 3.09. The smallest absolute Gasteiger partial charge is 0.220 e. The van der Waals surface area contributed by atoms with Gasteiger partial charge in [0.15, 0.2) is 5.78 Å². The Bertz CT molecular complexity index is 784. The first-order valence-corrected chi connectivity index (χ1v) is 11.2. The van der Waals surface area contributed by atoms with Crippen LogP contribution in [0.4, 0.5) is 0 Å². The lowest BCUT2D eigenvalue weighted by molar-refractivity contribution is -0.121. The van der Waals surface area contributed by atoms with Gasteiger partial charge in [-0.3, -0.25) is 9.59 Å². The molecule has 0 aliphatic heterocycles. The van der Waals surface area contributed by atoms with Gasteiger partial charge in [-0.15, -0.1) is 0 Å². The van der Waals surface area contributed by atoms with Crippen LogP contribution in [0.1, 0.15) is 51.4 Å². The van der Waals surface area contributed by atoms with Crippen LogP contribution in [0, 0.1) is 5.92 Å². The van der Waals surface area contributed by atoms with E-state index in [0.717, 1.165) is 25.7 Å². The summed E-state index contributed by atoms with van der Waals surface area (Å²) >= 11 is 0. The van der Waals surface area contributed by atoms with Crippen molar-refractivity contribution in [1.82, 2.24) is 5.32 Å². The summed E-state index contributed by atoms with van der Waals surface area (Å²) in [6.45, 7) is 0.142. The Hall–Kier alpha value is -2.44. The molecular formula is C25H33NO5. The Kier molecular flexibility index (Phi) is 8.85. The van der Waals surface area contributed by atoms with E-state index in [0.29, 0.717) is 36.6 Å². The Labute approximate surface area is 184 Å². The van der Waals surface area contributed by atoms with Gasteiger partial charge in [-0.1, -0.05) is 36.4 Å². The average Bonchev–Trinajstić information content (AvgIpc) is 3.52. The molecule has 2 saturated carbocycles. The Morgan fingerprint density at radius 1 is 1.23 bits per heavy atom. The number of hydrogen-bond donors (Lipinski definition) is 3. The van der Waals surface area contributed by atoms with Gasteiger partial charge in [-0.2, -0.15) is 0 Å². The molecule has 3 N–H and O–H groups in total. The highest BCUT2D eigenvalue weighted by Gasteiger charge is 2.35. The topological polar surface area (TPSA) is 95.9 Å². The number of benzene rings is 1. The zero-order chi connectivity index (χ0) is 22.1. The number of amides is 1. The normalized spacial score (nSPS) is 23.4. The molecule has 3 atom stereocenters. The maximum atomic E-state index is 12.3. The second-order valence-electron chi connectivity index (χ2n) is 8.42. The quantitative estimate of drug-likeness (QED) is 0.271. The van der Waals surface area contributed by atoms with Crippen LogP contribution in [0.3, 0.4) is 0 Å². The number of unbranched alkanes of at least 4 members (excludes halogenated alkanes) is 1. The lowest BCUT2D eigenvalue weighted by Crippen LogP contribution is -2.24. The van der Waals surface area contributed by atoms with E-state index < -0.39 is 12.2 Å². The van der Waals surface area contributed by atoms with Crippen LogP contribution in [0.25, 0.3) is 0 Å². The van der Waals surface area contributed by atoms with E-state index in [4.69, 9.17) is 4.74 Å². The molecule has 3 rings (SSSR count). The van der Waals surface area contributed by atoms with Crippen LogP contribution in [0.2, 0.25) is 0 Å². The summed E-state index contributed by atoms with van der Waals surface area (Å²) in [5, 5.41) is 23.4. The maximum absolute atomic E-state index is 12.3. The van der Waals surface area contributed by atoms with Crippen molar-refractivity contribution in [3.63, 3.8) is 0 Å². The fraction of sp³-hybridized carbons (Fsp3) is 0.520. The number of hydrogen-bond acceptors (Lipinski definition) is 5. The van der Waals surface area contributed by atoms with Crippen molar-refractivity contribution in [2.45, 2.75) is 69.6 Å². The fourth-order valence-electron chi connectivity index (χ4n) is 3.72. The molecule has 6 heteroatoms. The van der Waals surface area contributed by atoms with E-state index in [1.807, 2.05) is 42.5 Å². The van der Waals surface area contributed by atoms with Crippen LogP contribution in [-0.4, -0.2) is 46.8 Å². The summed E-state index contributed by atoms with van der Waals surface area (Å²) in [4.78, 5) is 23.9. The number of ether oxygens (including phenoxy) is 1. The Morgan fingerprint density at radius 3 is 2.74 bits per heavy atom. The number of aliphatic hydroxyl groups is 2. The fourth-order valence-corrected chi connectivity index (χ4v) is 3.72. The molecule has 2 aliphatic carbocycles. The second kappa shape index (κ2) is 11.8. The van der Waals surface area contributed by atoms with Gasteiger partial charge in [-0.25, -0.2) is 0 Å². The molecule has 0 radical (unpaired) electrons. The highest BCUT2D eigenvalue weighted by atomic mass is 16.5. The van der Waals surface area contributed by atoms with Gasteiger partial charge < -0.3 is 20.3 Å². The molecular weight excluding hydrogens is 394 g/mol. The molecule has 0 heterocycles. The van der Waals surface area contributed by atoms with E-state index in [1.165, 1.54) is 0 Å². The highest BCUT2D eigenvalue weighted by Crippen LogP contribution is 2.32. The van der Waals surface area contributed by atoms with E-state index >= 15 is 0 Å². The third kappa shape index (κ3) is 7.96.